The maximum absolute atomic E-state index is 12.8. The minimum Gasteiger partial charge on any atom is -0.326 e. The molecule has 0 bridgehead atoms. The van der Waals surface area contributed by atoms with Gasteiger partial charge in [0.2, 0.25) is 15.9 Å². The number of anilines is 1. The van der Waals surface area contributed by atoms with Crippen LogP contribution in [0.2, 0.25) is 0 Å². The number of hydrogen-bond acceptors (Lipinski definition) is 3. The Balaban J connectivity index is 1.87. The van der Waals surface area contributed by atoms with Crippen molar-refractivity contribution in [3.8, 4) is 0 Å². The summed E-state index contributed by atoms with van der Waals surface area (Å²) >= 11 is 0. The topological polar surface area (TPSA) is 75.3 Å². The van der Waals surface area contributed by atoms with Crippen LogP contribution in [0.1, 0.15) is 64.4 Å². The van der Waals surface area contributed by atoms with Crippen LogP contribution in [0.5, 0.6) is 0 Å². The maximum atomic E-state index is 12.8. The third kappa shape index (κ3) is 3.64. The molecule has 1 aliphatic heterocycles. The first-order valence-electron chi connectivity index (χ1n) is 8.75. The molecule has 3 rings (SSSR count). The first-order valence-corrected chi connectivity index (χ1v) is 10.2. The Morgan fingerprint density at radius 2 is 1.79 bits per heavy atom. The zero-order chi connectivity index (χ0) is 17.4. The highest BCUT2D eigenvalue weighted by molar-refractivity contribution is 7.89. The van der Waals surface area contributed by atoms with E-state index in [9.17, 15) is 13.2 Å². The summed E-state index contributed by atoms with van der Waals surface area (Å²) in [5, 5.41) is 2.83. The molecule has 132 valence electrons. The summed E-state index contributed by atoms with van der Waals surface area (Å²) in [7, 11) is -3.54. The van der Waals surface area contributed by atoms with Gasteiger partial charge in [-0.25, -0.2) is 13.1 Å². The van der Waals surface area contributed by atoms with E-state index in [-0.39, 0.29) is 22.3 Å². The molecular formula is C18H26N2O3S. The number of hydrogen-bond donors (Lipinski definition) is 2. The molecule has 1 aliphatic carbocycles. The fourth-order valence-electron chi connectivity index (χ4n) is 3.74. The summed E-state index contributed by atoms with van der Waals surface area (Å²) in [6.07, 6.45) is 6.71. The SMILES string of the molecule is CC1(C)CC(=O)Nc2ccc(S(=O)(=O)NC3CCCCCC3)cc21. The Morgan fingerprint density at radius 3 is 2.46 bits per heavy atom. The van der Waals surface area contributed by atoms with Gasteiger partial charge in [-0.2, -0.15) is 0 Å². The van der Waals surface area contributed by atoms with Gasteiger partial charge in [0.15, 0.2) is 0 Å². The third-order valence-electron chi connectivity index (χ3n) is 5.08. The van der Waals surface area contributed by atoms with E-state index in [0.29, 0.717) is 12.1 Å². The van der Waals surface area contributed by atoms with E-state index in [4.69, 9.17) is 0 Å². The highest BCUT2D eigenvalue weighted by atomic mass is 32.2. The molecule has 2 aliphatic rings. The molecule has 0 aromatic heterocycles. The lowest BCUT2D eigenvalue weighted by Crippen LogP contribution is -2.35. The minimum absolute atomic E-state index is 0.0281. The van der Waals surface area contributed by atoms with Crippen LogP contribution < -0.4 is 10.0 Å². The molecule has 1 amide bonds. The summed E-state index contributed by atoms with van der Waals surface area (Å²) in [5.74, 6) is -0.0281. The second-order valence-corrected chi connectivity index (χ2v) is 9.34. The van der Waals surface area contributed by atoms with Crippen LogP contribution in [-0.4, -0.2) is 20.4 Å². The fourth-order valence-corrected chi connectivity index (χ4v) is 5.07. The van der Waals surface area contributed by atoms with Gasteiger partial charge in [0.25, 0.3) is 0 Å². The van der Waals surface area contributed by atoms with E-state index < -0.39 is 10.0 Å². The van der Waals surface area contributed by atoms with Gasteiger partial charge in [-0.15, -0.1) is 0 Å². The summed E-state index contributed by atoms with van der Waals surface area (Å²) in [4.78, 5) is 12.1. The number of sulfonamides is 1. The van der Waals surface area contributed by atoms with Crippen LogP contribution in [0.3, 0.4) is 0 Å². The predicted molar refractivity (Wildman–Crippen MR) is 94.5 cm³/mol. The van der Waals surface area contributed by atoms with Gasteiger partial charge in [0, 0.05) is 23.6 Å². The zero-order valence-corrected chi connectivity index (χ0v) is 15.2. The van der Waals surface area contributed by atoms with Crippen molar-refractivity contribution >= 4 is 21.6 Å². The predicted octanol–water partition coefficient (Wildman–Crippen LogP) is 3.31. The van der Waals surface area contributed by atoms with Crippen molar-refractivity contribution in [1.29, 1.82) is 0 Å². The molecule has 0 atom stereocenters. The molecule has 1 aromatic carbocycles. The lowest BCUT2D eigenvalue weighted by atomic mass is 9.78. The van der Waals surface area contributed by atoms with Crippen LogP contribution in [-0.2, 0) is 20.2 Å². The molecule has 0 radical (unpaired) electrons. The quantitative estimate of drug-likeness (QED) is 0.821. The number of fused-ring (bicyclic) bond motifs is 1. The molecule has 2 N–H and O–H groups in total. The Labute approximate surface area is 144 Å². The van der Waals surface area contributed by atoms with E-state index in [2.05, 4.69) is 10.0 Å². The van der Waals surface area contributed by atoms with Crippen molar-refractivity contribution in [2.45, 2.75) is 75.1 Å². The van der Waals surface area contributed by atoms with Crippen molar-refractivity contribution in [2.75, 3.05) is 5.32 Å². The molecule has 1 aromatic rings. The number of carbonyl (C=O) groups is 1. The Bertz CT molecular complexity index is 733. The van der Waals surface area contributed by atoms with Gasteiger partial charge in [0.05, 0.1) is 4.90 Å². The molecule has 1 fully saturated rings. The van der Waals surface area contributed by atoms with Crippen LogP contribution in [0.4, 0.5) is 5.69 Å². The summed E-state index contributed by atoms with van der Waals surface area (Å²) in [6.45, 7) is 3.94. The van der Waals surface area contributed by atoms with E-state index in [1.54, 1.807) is 18.2 Å². The molecule has 0 saturated heterocycles. The number of rotatable bonds is 3. The molecule has 1 heterocycles. The Kier molecular flexibility index (Phi) is 4.71. The fraction of sp³-hybridized carbons (Fsp3) is 0.611. The van der Waals surface area contributed by atoms with Crippen LogP contribution >= 0.6 is 0 Å². The van der Waals surface area contributed by atoms with Crippen molar-refractivity contribution in [3.05, 3.63) is 23.8 Å². The second-order valence-electron chi connectivity index (χ2n) is 7.63. The summed E-state index contributed by atoms with van der Waals surface area (Å²) in [6, 6.07) is 5.03. The summed E-state index contributed by atoms with van der Waals surface area (Å²) in [5.41, 5.74) is 1.22. The van der Waals surface area contributed by atoms with Crippen molar-refractivity contribution in [2.24, 2.45) is 0 Å². The molecule has 0 spiro atoms. The monoisotopic (exact) mass is 350 g/mol. The first kappa shape index (κ1) is 17.4. The van der Waals surface area contributed by atoms with E-state index in [1.807, 2.05) is 13.8 Å². The number of nitrogens with one attached hydrogen (secondary N) is 2. The lowest BCUT2D eigenvalue weighted by Gasteiger charge is -2.32. The van der Waals surface area contributed by atoms with Crippen molar-refractivity contribution in [3.63, 3.8) is 0 Å². The van der Waals surface area contributed by atoms with Crippen LogP contribution in [0.25, 0.3) is 0 Å². The normalized spacial score (nSPS) is 21.7. The zero-order valence-electron chi connectivity index (χ0n) is 14.4. The average Bonchev–Trinajstić information content (AvgIpc) is 2.74. The van der Waals surface area contributed by atoms with Gasteiger partial charge in [-0.1, -0.05) is 39.5 Å². The maximum Gasteiger partial charge on any atom is 0.240 e. The second kappa shape index (κ2) is 6.48. The molecule has 0 unspecified atom stereocenters. The molecule has 1 saturated carbocycles. The van der Waals surface area contributed by atoms with E-state index in [0.717, 1.165) is 31.2 Å². The average molecular weight is 350 g/mol. The van der Waals surface area contributed by atoms with E-state index >= 15 is 0 Å². The van der Waals surface area contributed by atoms with Crippen molar-refractivity contribution < 1.29 is 13.2 Å². The van der Waals surface area contributed by atoms with Gasteiger partial charge in [-0.3, -0.25) is 4.79 Å². The molecule has 24 heavy (non-hydrogen) atoms. The first-order chi connectivity index (χ1) is 11.3. The molecular weight excluding hydrogens is 324 g/mol. The number of amides is 1. The number of carbonyl (C=O) groups excluding carboxylic acids is 1. The third-order valence-corrected chi connectivity index (χ3v) is 6.60. The van der Waals surface area contributed by atoms with Gasteiger partial charge in [0.1, 0.15) is 0 Å². The van der Waals surface area contributed by atoms with Crippen molar-refractivity contribution in [1.82, 2.24) is 4.72 Å². The highest BCUT2D eigenvalue weighted by Crippen LogP contribution is 2.38. The van der Waals surface area contributed by atoms with Gasteiger partial charge < -0.3 is 5.32 Å². The molecule has 5 nitrogen and oxygen atoms in total. The smallest absolute Gasteiger partial charge is 0.240 e. The number of benzene rings is 1. The Hall–Kier alpha value is -1.40. The molecule has 6 heteroatoms. The van der Waals surface area contributed by atoms with E-state index in [1.165, 1.54) is 12.8 Å². The van der Waals surface area contributed by atoms with Gasteiger partial charge in [-0.05, 0) is 36.6 Å². The van der Waals surface area contributed by atoms with Crippen LogP contribution in [0.15, 0.2) is 23.1 Å². The standard InChI is InChI=1S/C18H26N2O3S/c1-18(2)12-17(21)19-16-10-9-14(11-15(16)18)24(22,23)20-13-7-5-3-4-6-8-13/h9-11,13,20H,3-8,12H2,1-2H3,(H,19,21). The largest absolute Gasteiger partial charge is 0.326 e. The summed E-state index contributed by atoms with van der Waals surface area (Å²) < 4.78 is 28.4. The Morgan fingerprint density at radius 1 is 1.12 bits per heavy atom. The minimum atomic E-state index is -3.54. The lowest BCUT2D eigenvalue weighted by molar-refractivity contribution is -0.117. The van der Waals surface area contributed by atoms with Gasteiger partial charge >= 0.3 is 0 Å². The highest BCUT2D eigenvalue weighted by Gasteiger charge is 2.33. The van der Waals surface area contributed by atoms with Crippen LogP contribution in [0, 0.1) is 0 Å².